The molecule has 2 N–H and O–H groups in total. The summed E-state index contributed by atoms with van der Waals surface area (Å²) in [7, 11) is 1.88. The van der Waals surface area contributed by atoms with Crippen molar-refractivity contribution < 1.29 is 9.90 Å². The van der Waals surface area contributed by atoms with Crippen LogP contribution in [0.2, 0.25) is 0 Å². The van der Waals surface area contributed by atoms with Crippen LogP contribution in [0.15, 0.2) is 0 Å². The zero-order valence-corrected chi connectivity index (χ0v) is 11.9. The number of hydrogen-bond acceptors (Lipinski definition) is 3. The minimum absolute atomic E-state index is 0.112. The van der Waals surface area contributed by atoms with Crippen LogP contribution in [-0.2, 0) is 4.79 Å². The number of nitrogens with one attached hydrogen (secondary N) is 1. The third-order valence-corrected chi connectivity index (χ3v) is 5.34. The van der Waals surface area contributed by atoms with Gasteiger partial charge in [0.05, 0.1) is 13.2 Å². The van der Waals surface area contributed by atoms with Crippen LogP contribution in [0.25, 0.3) is 0 Å². The minimum atomic E-state index is 0.112. The van der Waals surface area contributed by atoms with Crippen LogP contribution in [-0.4, -0.2) is 48.2 Å². The molecule has 0 unspecified atom stereocenters. The molecule has 0 spiro atoms. The van der Waals surface area contributed by atoms with E-state index in [9.17, 15) is 4.79 Å². The van der Waals surface area contributed by atoms with Gasteiger partial charge in [0.1, 0.15) is 0 Å². The fourth-order valence-corrected chi connectivity index (χ4v) is 5.09. The van der Waals surface area contributed by atoms with E-state index < -0.39 is 0 Å². The van der Waals surface area contributed by atoms with Crippen molar-refractivity contribution in [2.45, 2.75) is 44.1 Å². The highest BCUT2D eigenvalue weighted by atomic mass is 16.3. The molecule has 4 aliphatic rings. The highest BCUT2D eigenvalue weighted by molar-refractivity contribution is 5.79. The summed E-state index contributed by atoms with van der Waals surface area (Å²) in [6.07, 6.45) is 7.82. The Balaban J connectivity index is 1.58. The van der Waals surface area contributed by atoms with Crippen molar-refractivity contribution in [2.24, 2.45) is 17.8 Å². The maximum absolute atomic E-state index is 12.2. The van der Waals surface area contributed by atoms with E-state index >= 15 is 0 Å². The third kappa shape index (κ3) is 2.79. The number of carbonyl (C=O) groups is 1. The van der Waals surface area contributed by atoms with E-state index in [0.29, 0.717) is 13.1 Å². The Kier molecular flexibility index (Phi) is 3.56. The molecule has 4 nitrogen and oxygen atoms in total. The molecule has 0 radical (unpaired) electrons. The van der Waals surface area contributed by atoms with E-state index in [0.717, 1.165) is 17.8 Å². The highest BCUT2D eigenvalue weighted by Gasteiger charge is 2.51. The Morgan fingerprint density at radius 2 is 1.74 bits per heavy atom. The molecule has 4 fully saturated rings. The molecule has 1 amide bonds. The van der Waals surface area contributed by atoms with Gasteiger partial charge in [-0.2, -0.15) is 0 Å². The number of aliphatic hydroxyl groups excluding tert-OH is 1. The average Bonchev–Trinajstić information content (AvgIpc) is 2.25. The van der Waals surface area contributed by atoms with Gasteiger partial charge in [-0.05, 0) is 63.3 Å². The monoisotopic (exact) mass is 266 g/mol. The van der Waals surface area contributed by atoms with Crippen molar-refractivity contribution in [3.8, 4) is 0 Å². The highest BCUT2D eigenvalue weighted by Crippen LogP contribution is 2.55. The molecule has 0 heterocycles. The van der Waals surface area contributed by atoms with Crippen molar-refractivity contribution in [2.75, 3.05) is 26.7 Å². The van der Waals surface area contributed by atoms with Gasteiger partial charge in [-0.1, -0.05) is 0 Å². The molecular formula is C15H26N2O2. The second kappa shape index (κ2) is 5.06. The van der Waals surface area contributed by atoms with Crippen molar-refractivity contribution in [3.63, 3.8) is 0 Å². The Bertz CT molecular complexity index is 321. The fraction of sp³-hybridized carbons (Fsp3) is 0.933. The Hall–Kier alpha value is -0.610. The summed E-state index contributed by atoms with van der Waals surface area (Å²) < 4.78 is 0. The minimum Gasteiger partial charge on any atom is -0.395 e. The Morgan fingerprint density at radius 1 is 1.21 bits per heavy atom. The summed E-state index contributed by atoms with van der Waals surface area (Å²) in [4.78, 5) is 14.1. The maximum Gasteiger partial charge on any atom is 0.234 e. The summed E-state index contributed by atoms with van der Waals surface area (Å²) in [5.41, 5.74) is 0.117. The summed E-state index contributed by atoms with van der Waals surface area (Å²) in [6.45, 7) is 1.08. The molecule has 4 bridgehead atoms. The Labute approximate surface area is 115 Å². The van der Waals surface area contributed by atoms with Gasteiger partial charge in [0.15, 0.2) is 0 Å². The van der Waals surface area contributed by atoms with Crippen molar-refractivity contribution >= 4 is 5.91 Å². The number of carbonyl (C=O) groups excluding carboxylic acids is 1. The van der Waals surface area contributed by atoms with E-state index in [2.05, 4.69) is 5.32 Å². The van der Waals surface area contributed by atoms with Crippen LogP contribution >= 0.6 is 0 Å². The van der Waals surface area contributed by atoms with Gasteiger partial charge in [0, 0.05) is 12.1 Å². The topological polar surface area (TPSA) is 52.6 Å². The van der Waals surface area contributed by atoms with Crippen molar-refractivity contribution in [1.29, 1.82) is 0 Å². The second-order valence-electron chi connectivity index (χ2n) is 7.21. The lowest BCUT2D eigenvalue weighted by Gasteiger charge is -2.57. The largest absolute Gasteiger partial charge is 0.395 e. The molecule has 0 aliphatic heterocycles. The van der Waals surface area contributed by atoms with Crippen LogP contribution in [0, 0.1) is 17.8 Å². The molecule has 4 aliphatic carbocycles. The summed E-state index contributed by atoms with van der Waals surface area (Å²) >= 11 is 0. The molecule has 4 heteroatoms. The van der Waals surface area contributed by atoms with Crippen LogP contribution in [0.3, 0.4) is 0 Å². The summed E-state index contributed by atoms with van der Waals surface area (Å²) in [6, 6.07) is 0. The zero-order valence-electron chi connectivity index (χ0n) is 11.9. The number of nitrogens with zero attached hydrogens (tertiary/aromatic N) is 1. The third-order valence-electron chi connectivity index (χ3n) is 5.34. The number of rotatable bonds is 5. The fourth-order valence-electron chi connectivity index (χ4n) is 5.09. The lowest BCUT2D eigenvalue weighted by Crippen LogP contribution is -2.60. The number of amides is 1. The van der Waals surface area contributed by atoms with E-state index in [1.807, 2.05) is 11.9 Å². The lowest BCUT2D eigenvalue weighted by atomic mass is 9.53. The maximum atomic E-state index is 12.2. The molecule has 0 aromatic rings. The molecule has 19 heavy (non-hydrogen) atoms. The van der Waals surface area contributed by atoms with Crippen LogP contribution < -0.4 is 5.32 Å². The lowest BCUT2D eigenvalue weighted by molar-refractivity contribution is -0.127. The van der Waals surface area contributed by atoms with E-state index in [-0.39, 0.29) is 18.1 Å². The standard InChI is InChI=1S/C15H26N2O2/c1-17(2-3-18)10-14(19)16-15-7-11-4-12(8-15)6-13(5-11)9-15/h11-13,18H,2-10H2,1H3,(H,16,19). The molecule has 0 atom stereocenters. The molecule has 0 aromatic heterocycles. The summed E-state index contributed by atoms with van der Waals surface area (Å²) in [5.74, 6) is 2.73. The van der Waals surface area contributed by atoms with E-state index in [1.54, 1.807) is 0 Å². The second-order valence-corrected chi connectivity index (χ2v) is 7.21. The molecule has 0 saturated heterocycles. The summed E-state index contributed by atoms with van der Waals surface area (Å²) in [5, 5.41) is 12.2. The van der Waals surface area contributed by atoms with Gasteiger partial charge in [-0.25, -0.2) is 0 Å². The van der Waals surface area contributed by atoms with Gasteiger partial charge in [0.2, 0.25) is 5.91 Å². The number of hydrogen-bond donors (Lipinski definition) is 2. The van der Waals surface area contributed by atoms with Crippen LogP contribution in [0.1, 0.15) is 38.5 Å². The predicted molar refractivity (Wildman–Crippen MR) is 73.6 cm³/mol. The van der Waals surface area contributed by atoms with Crippen LogP contribution in [0.4, 0.5) is 0 Å². The first kappa shape index (κ1) is 13.4. The van der Waals surface area contributed by atoms with Gasteiger partial charge < -0.3 is 10.4 Å². The van der Waals surface area contributed by atoms with Crippen LogP contribution in [0.5, 0.6) is 0 Å². The quantitative estimate of drug-likeness (QED) is 0.780. The number of aliphatic hydroxyl groups is 1. The van der Waals surface area contributed by atoms with Gasteiger partial charge >= 0.3 is 0 Å². The molecule has 4 saturated carbocycles. The first-order valence-electron chi connectivity index (χ1n) is 7.69. The zero-order chi connectivity index (χ0) is 13.5. The van der Waals surface area contributed by atoms with Gasteiger partial charge in [-0.15, -0.1) is 0 Å². The van der Waals surface area contributed by atoms with Gasteiger partial charge in [-0.3, -0.25) is 9.69 Å². The SMILES string of the molecule is CN(CCO)CC(=O)NC12CC3CC(CC(C3)C1)C2. The predicted octanol–water partition coefficient (Wildman–Crippen LogP) is 0.995. The smallest absolute Gasteiger partial charge is 0.234 e. The molecule has 0 aromatic carbocycles. The van der Waals surface area contributed by atoms with E-state index in [4.69, 9.17) is 5.11 Å². The first-order chi connectivity index (χ1) is 9.08. The molecule has 108 valence electrons. The molecule has 4 rings (SSSR count). The Morgan fingerprint density at radius 3 is 2.21 bits per heavy atom. The van der Waals surface area contributed by atoms with Gasteiger partial charge in [0.25, 0.3) is 0 Å². The van der Waals surface area contributed by atoms with Crippen molar-refractivity contribution in [3.05, 3.63) is 0 Å². The molecular weight excluding hydrogens is 240 g/mol. The van der Waals surface area contributed by atoms with E-state index in [1.165, 1.54) is 38.5 Å². The first-order valence-corrected chi connectivity index (χ1v) is 7.69. The number of likely N-dealkylation sites (N-methyl/N-ethyl adjacent to an activating group) is 1. The van der Waals surface area contributed by atoms with Crippen molar-refractivity contribution in [1.82, 2.24) is 10.2 Å². The average molecular weight is 266 g/mol. The normalized spacial score (nSPS) is 39.8.